The molecule has 0 bridgehead atoms. The fourth-order valence-electron chi connectivity index (χ4n) is 2.74. The monoisotopic (exact) mass is 298 g/mol. The number of nitrogens with zero attached hydrogens (tertiary/aromatic N) is 1. The van der Waals surface area contributed by atoms with Crippen molar-refractivity contribution in [3.05, 3.63) is 34.6 Å². The van der Waals surface area contributed by atoms with Gasteiger partial charge in [-0.2, -0.15) is 0 Å². The molecule has 5 heteroatoms. The van der Waals surface area contributed by atoms with Gasteiger partial charge in [0.2, 0.25) is 5.69 Å². The standard InChI is InChI=1S/C14H16Cl2N2O/c1-13(2)11(17)14(3,16)12(13)19-8-5-6-10(18-4)9(15)7-8/h5-7,11-12H,17H2,1-3H3/t11-,12-,14?/m0/s1. The first-order valence-corrected chi connectivity index (χ1v) is 6.75. The highest BCUT2D eigenvalue weighted by atomic mass is 35.5. The van der Waals surface area contributed by atoms with Gasteiger partial charge in [-0.05, 0) is 19.1 Å². The van der Waals surface area contributed by atoms with Crippen molar-refractivity contribution in [1.29, 1.82) is 0 Å². The molecule has 0 heterocycles. The molecule has 2 rings (SSSR count). The van der Waals surface area contributed by atoms with E-state index in [4.69, 9.17) is 40.2 Å². The highest BCUT2D eigenvalue weighted by molar-refractivity contribution is 6.33. The second kappa shape index (κ2) is 4.56. The van der Waals surface area contributed by atoms with Gasteiger partial charge in [0.25, 0.3) is 0 Å². The first-order chi connectivity index (χ1) is 8.71. The molecule has 1 aromatic rings. The van der Waals surface area contributed by atoms with Gasteiger partial charge in [-0.25, -0.2) is 4.85 Å². The third-order valence-electron chi connectivity index (χ3n) is 3.89. The summed E-state index contributed by atoms with van der Waals surface area (Å²) < 4.78 is 5.93. The third-order valence-corrected chi connectivity index (χ3v) is 4.63. The van der Waals surface area contributed by atoms with E-state index in [1.54, 1.807) is 18.2 Å². The van der Waals surface area contributed by atoms with Crippen molar-refractivity contribution in [1.82, 2.24) is 0 Å². The van der Waals surface area contributed by atoms with Crippen molar-refractivity contribution in [2.75, 3.05) is 0 Å². The van der Waals surface area contributed by atoms with E-state index in [1.807, 2.05) is 20.8 Å². The first kappa shape index (κ1) is 14.5. The molecular formula is C14H16Cl2N2O. The fourth-order valence-corrected chi connectivity index (χ4v) is 3.56. The van der Waals surface area contributed by atoms with Crippen LogP contribution in [0.25, 0.3) is 4.85 Å². The van der Waals surface area contributed by atoms with Crippen LogP contribution in [0, 0.1) is 12.0 Å². The van der Waals surface area contributed by atoms with Crippen molar-refractivity contribution >= 4 is 28.9 Å². The second-order valence-electron chi connectivity index (χ2n) is 5.67. The maximum absolute atomic E-state index is 6.96. The van der Waals surface area contributed by atoms with Crippen LogP contribution < -0.4 is 10.5 Å². The molecule has 2 N–H and O–H groups in total. The van der Waals surface area contributed by atoms with Crippen LogP contribution in [0.1, 0.15) is 20.8 Å². The molecule has 0 aliphatic heterocycles. The van der Waals surface area contributed by atoms with E-state index in [1.165, 1.54) is 0 Å². The van der Waals surface area contributed by atoms with E-state index in [9.17, 15) is 0 Å². The Morgan fingerprint density at radius 1 is 1.37 bits per heavy atom. The van der Waals surface area contributed by atoms with E-state index in [-0.39, 0.29) is 17.6 Å². The van der Waals surface area contributed by atoms with E-state index >= 15 is 0 Å². The molecule has 1 saturated carbocycles. The highest BCUT2D eigenvalue weighted by Crippen LogP contribution is 2.52. The van der Waals surface area contributed by atoms with Crippen LogP contribution in [0.3, 0.4) is 0 Å². The lowest BCUT2D eigenvalue weighted by Gasteiger charge is -2.59. The summed E-state index contributed by atoms with van der Waals surface area (Å²) in [5, 5.41) is 0.380. The summed E-state index contributed by atoms with van der Waals surface area (Å²) >= 11 is 12.4. The zero-order chi connectivity index (χ0) is 14.4. The Bertz CT molecular complexity index is 533. The summed E-state index contributed by atoms with van der Waals surface area (Å²) in [5.41, 5.74) is 6.28. The average Bonchev–Trinajstić information content (AvgIpc) is 2.34. The van der Waals surface area contributed by atoms with Gasteiger partial charge in [0.1, 0.15) is 11.9 Å². The molecule has 1 aliphatic rings. The Morgan fingerprint density at radius 2 is 2.00 bits per heavy atom. The number of rotatable bonds is 2. The summed E-state index contributed by atoms with van der Waals surface area (Å²) in [5.74, 6) is 0.606. The van der Waals surface area contributed by atoms with Gasteiger partial charge in [0.05, 0.1) is 16.5 Å². The zero-order valence-corrected chi connectivity index (χ0v) is 12.6. The predicted octanol–water partition coefficient (Wildman–Crippen LogP) is 4.00. The minimum Gasteiger partial charge on any atom is -0.488 e. The van der Waals surface area contributed by atoms with Crippen LogP contribution >= 0.6 is 23.2 Å². The van der Waals surface area contributed by atoms with Crippen LogP contribution in [0.2, 0.25) is 5.02 Å². The topological polar surface area (TPSA) is 39.6 Å². The summed E-state index contributed by atoms with van der Waals surface area (Å²) in [4.78, 5) is 2.71. The average molecular weight is 299 g/mol. The van der Waals surface area contributed by atoms with Crippen molar-refractivity contribution in [3.8, 4) is 5.75 Å². The molecule has 3 atom stereocenters. The van der Waals surface area contributed by atoms with Gasteiger partial charge in [-0.1, -0.05) is 31.5 Å². The van der Waals surface area contributed by atoms with Gasteiger partial charge < -0.3 is 10.5 Å². The molecule has 1 aromatic carbocycles. The van der Waals surface area contributed by atoms with E-state index in [0.717, 1.165) is 0 Å². The van der Waals surface area contributed by atoms with Crippen LogP contribution in [-0.2, 0) is 0 Å². The Balaban J connectivity index is 2.23. The van der Waals surface area contributed by atoms with Crippen molar-refractivity contribution in [3.63, 3.8) is 0 Å². The molecule has 0 radical (unpaired) electrons. The Kier molecular flexibility index (Phi) is 3.47. The highest BCUT2D eigenvalue weighted by Gasteiger charge is 2.64. The molecule has 19 heavy (non-hydrogen) atoms. The van der Waals surface area contributed by atoms with Crippen molar-refractivity contribution < 1.29 is 4.74 Å². The molecule has 0 amide bonds. The van der Waals surface area contributed by atoms with Gasteiger partial charge >= 0.3 is 0 Å². The second-order valence-corrected chi connectivity index (χ2v) is 6.89. The smallest absolute Gasteiger partial charge is 0.205 e. The molecule has 1 aliphatic carbocycles. The minimum absolute atomic E-state index is 0.135. The minimum atomic E-state index is -0.603. The summed E-state index contributed by atoms with van der Waals surface area (Å²) in [6.45, 7) is 12.9. The Labute approximate surface area is 123 Å². The summed E-state index contributed by atoms with van der Waals surface area (Å²) in [6, 6.07) is 4.88. The lowest BCUT2D eigenvalue weighted by Crippen LogP contribution is -2.76. The molecule has 0 aromatic heterocycles. The fraction of sp³-hybridized carbons (Fsp3) is 0.500. The number of hydrogen-bond donors (Lipinski definition) is 1. The SMILES string of the molecule is [C-]#[N+]c1ccc(O[C@H]2C(C)(C)[C@H](N)C2(C)Cl)cc1Cl. The molecule has 102 valence electrons. The number of alkyl halides is 1. The van der Waals surface area contributed by atoms with E-state index in [2.05, 4.69) is 4.85 Å². The largest absolute Gasteiger partial charge is 0.488 e. The lowest BCUT2D eigenvalue weighted by atomic mass is 9.57. The number of hydrogen-bond acceptors (Lipinski definition) is 2. The molecule has 0 saturated heterocycles. The van der Waals surface area contributed by atoms with Gasteiger partial charge in [0.15, 0.2) is 0 Å². The van der Waals surface area contributed by atoms with Crippen LogP contribution in [0.15, 0.2) is 18.2 Å². The van der Waals surface area contributed by atoms with E-state index in [0.29, 0.717) is 16.5 Å². The molecular weight excluding hydrogens is 283 g/mol. The summed E-state index contributed by atoms with van der Waals surface area (Å²) in [6.07, 6.45) is -0.202. The summed E-state index contributed by atoms with van der Waals surface area (Å²) in [7, 11) is 0. The number of nitrogens with two attached hydrogens (primary N) is 1. The van der Waals surface area contributed by atoms with Crippen molar-refractivity contribution in [2.45, 2.75) is 37.8 Å². The third kappa shape index (κ3) is 2.18. The first-order valence-electron chi connectivity index (χ1n) is 5.99. The molecule has 3 nitrogen and oxygen atoms in total. The van der Waals surface area contributed by atoms with Crippen LogP contribution in [-0.4, -0.2) is 17.0 Å². The van der Waals surface area contributed by atoms with Crippen molar-refractivity contribution in [2.24, 2.45) is 11.1 Å². The molecule has 1 unspecified atom stereocenters. The maximum Gasteiger partial charge on any atom is 0.205 e. The Hall–Kier alpha value is -0.950. The van der Waals surface area contributed by atoms with E-state index < -0.39 is 4.87 Å². The quantitative estimate of drug-likeness (QED) is 0.662. The number of ether oxygens (including phenoxy) is 1. The van der Waals surface area contributed by atoms with Gasteiger partial charge in [0, 0.05) is 11.5 Å². The Morgan fingerprint density at radius 3 is 2.47 bits per heavy atom. The zero-order valence-electron chi connectivity index (χ0n) is 11.1. The number of benzene rings is 1. The molecule has 0 spiro atoms. The number of halogens is 2. The van der Waals surface area contributed by atoms with Gasteiger partial charge in [-0.15, -0.1) is 11.6 Å². The molecule has 1 fully saturated rings. The normalized spacial score (nSPS) is 32.3. The van der Waals surface area contributed by atoms with Crippen LogP contribution in [0.5, 0.6) is 5.75 Å². The van der Waals surface area contributed by atoms with Gasteiger partial charge in [-0.3, -0.25) is 0 Å². The lowest BCUT2D eigenvalue weighted by molar-refractivity contribution is -0.0765. The van der Waals surface area contributed by atoms with Crippen LogP contribution in [0.4, 0.5) is 5.69 Å². The maximum atomic E-state index is 6.96. The predicted molar refractivity (Wildman–Crippen MR) is 78.1 cm³/mol.